The Kier molecular flexibility index (Phi) is 8.77. The minimum absolute atomic E-state index is 0.0902. The van der Waals surface area contributed by atoms with Gasteiger partial charge in [0, 0.05) is 5.56 Å². The number of nitrogens with one attached hydrogen (secondary N) is 2. The zero-order valence-electron chi connectivity index (χ0n) is 24.8. The van der Waals surface area contributed by atoms with Crippen LogP contribution in [0.2, 0.25) is 0 Å². The number of rotatable bonds is 11. The Hall–Kier alpha value is -2.85. The van der Waals surface area contributed by atoms with Gasteiger partial charge in [-0.05, 0) is 83.9 Å². The number of ketones is 1. The molecule has 1 aromatic heterocycles. The van der Waals surface area contributed by atoms with Gasteiger partial charge in [-0.2, -0.15) is 5.48 Å². The largest absolute Gasteiger partial charge is 0.296 e. The second kappa shape index (κ2) is 12.0. The SMILES string of the molecule is CC(C(=O)NS(=O)(=O)C(C)NOCc1ccccc1C1C(C)CCC2C1C2(C)C)c1ccc(C(=O)c2cccs2)cc1. The van der Waals surface area contributed by atoms with E-state index in [1.165, 1.54) is 36.7 Å². The summed E-state index contributed by atoms with van der Waals surface area (Å²) in [6, 6.07) is 18.5. The molecule has 9 heteroatoms. The molecule has 6 atom stereocenters. The average Bonchev–Trinajstić information content (AvgIpc) is 3.29. The van der Waals surface area contributed by atoms with Crippen LogP contribution in [-0.4, -0.2) is 25.5 Å². The van der Waals surface area contributed by atoms with Gasteiger partial charge in [-0.1, -0.05) is 75.4 Å². The Labute approximate surface area is 253 Å². The van der Waals surface area contributed by atoms with E-state index in [0.29, 0.717) is 39.2 Å². The van der Waals surface area contributed by atoms with Gasteiger partial charge in [-0.3, -0.25) is 19.1 Å². The van der Waals surface area contributed by atoms with Gasteiger partial charge < -0.3 is 0 Å². The summed E-state index contributed by atoms with van der Waals surface area (Å²) in [5.41, 5.74) is 6.43. The highest BCUT2D eigenvalue weighted by molar-refractivity contribution is 7.90. The third kappa shape index (κ3) is 6.11. The number of hydrogen-bond acceptors (Lipinski definition) is 7. The van der Waals surface area contributed by atoms with Crippen LogP contribution in [0.3, 0.4) is 0 Å². The van der Waals surface area contributed by atoms with Crippen LogP contribution in [0.4, 0.5) is 0 Å². The number of amides is 1. The molecule has 2 fully saturated rings. The van der Waals surface area contributed by atoms with Crippen LogP contribution in [0, 0.1) is 23.2 Å². The molecule has 1 amide bonds. The molecule has 2 saturated carbocycles. The summed E-state index contributed by atoms with van der Waals surface area (Å²) < 4.78 is 28.1. The molecule has 5 rings (SSSR count). The number of benzene rings is 2. The van der Waals surface area contributed by atoms with Crippen molar-refractivity contribution in [2.75, 3.05) is 0 Å². The lowest BCUT2D eigenvalue weighted by molar-refractivity contribution is -0.120. The maximum Gasteiger partial charge on any atom is 0.252 e. The molecule has 42 heavy (non-hydrogen) atoms. The summed E-state index contributed by atoms with van der Waals surface area (Å²) in [4.78, 5) is 31.8. The monoisotopic (exact) mass is 608 g/mol. The molecular weight excluding hydrogens is 569 g/mol. The molecule has 2 aliphatic carbocycles. The molecule has 0 radical (unpaired) electrons. The Bertz CT molecular complexity index is 1530. The predicted octanol–water partition coefficient (Wildman–Crippen LogP) is 6.38. The first-order valence-corrected chi connectivity index (χ1v) is 17.0. The number of fused-ring (bicyclic) bond motifs is 1. The molecule has 0 aliphatic heterocycles. The van der Waals surface area contributed by atoms with Crippen molar-refractivity contribution < 1.29 is 22.8 Å². The summed E-state index contributed by atoms with van der Waals surface area (Å²) >= 11 is 1.37. The minimum atomic E-state index is -4.06. The van der Waals surface area contributed by atoms with Crippen LogP contribution in [0.25, 0.3) is 0 Å². The molecule has 0 saturated heterocycles. The third-order valence-corrected chi connectivity index (χ3v) is 11.9. The zero-order chi connectivity index (χ0) is 30.2. The lowest BCUT2D eigenvalue weighted by Gasteiger charge is -2.31. The van der Waals surface area contributed by atoms with Gasteiger partial charge >= 0.3 is 0 Å². The van der Waals surface area contributed by atoms with Crippen molar-refractivity contribution in [2.45, 2.75) is 71.3 Å². The standard InChI is InChI=1S/C33H40N2O5S2/c1-20-12-17-27-30(33(27,4)5)29(20)26-10-7-6-9-25(26)19-40-34-22(3)42(38,39)35-32(37)21(2)23-13-15-24(16-14-23)31(36)28-11-8-18-41-28/h6-11,13-16,18,20-22,27,29-30,34H,12,17,19H2,1-5H3,(H,35,37). The van der Waals surface area contributed by atoms with Gasteiger partial charge in [0.2, 0.25) is 11.7 Å². The summed E-state index contributed by atoms with van der Waals surface area (Å²) in [6.07, 6.45) is 2.50. The number of carbonyl (C=O) groups excluding carboxylic acids is 2. The number of sulfonamides is 1. The van der Waals surface area contributed by atoms with E-state index in [-0.39, 0.29) is 12.4 Å². The first-order valence-electron chi connectivity index (χ1n) is 14.6. The molecule has 3 aromatic rings. The Balaban J connectivity index is 1.17. The molecule has 2 N–H and O–H groups in total. The number of hydroxylamine groups is 1. The highest BCUT2D eigenvalue weighted by Gasteiger charge is 2.63. The molecular formula is C33H40N2O5S2. The Morgan fingerprint density at radius 2 is 1.74 bits per heavy atom. The summed E-state index contributed by atoms with van der Waals surface area (Å²) in [5.74, 6) is 0.975. The van der Waals surface area contributed by atoms with Crippen LogP contribution < -0.4 is 10.2 Å². The second-order valence-electron chi connectivity index (χ2n) is 12.4. The first kappa shape index (κ1) is 30.6. The average molecular weight is 609 g/mol. The van der Waals surface area contributed by atoms with Gasteiger partial charge in [-0.15, -0.1) is 11.3 Å². The third-order valence-electron chi connectivity index (χ3n) is 9.48. The van der Waals surface area contributed by atoms with E-state index in [1.807, 2.05) is 23.6 Å². The van der Waals surface area contributed by atoms with Gasteiger partial charge in [0.25, 0.3) is 10.0 Å². The van der Waals surface area contributed by atoms with Gasteiger partial charge in [-0.25, -0.2) is 8.42 Å². The van der Waals surface area contributed by atoms with E-state index in [1.54, 1.807) is 37.3 Å². The van der Waals surface area contributed by atoms with Gasteiger partial charge in [0.15, 0.2) is 0 Å². The molecule has 7 nitrogen and oxygen atoms in total. The lowest BCUT2D eigenvalue weighted by Crippen LogP contribution is -2.45. The lowest BCUT2D eigenvalue weighted by atomic mass is 9.74. The number of hydrogen-bond donors (Lipinski definition) is 2. The van der Waals surface area contributed by atoms with Crippen molar-refractivity contribution in [3.8, 4) is 0 Å². The number of carbonyl (C=O) groups is 2. The second-order valence-corrected chi connectivity index (χ2v) is 15.4. The summed E-state index contributed by atoms with van der Waals surface area (Å²) in [7, 11) is -4.06. The first-order chi connectivity index (χ1) is 19.9. The van der Waals surface area contributed by atoms with Crippen LogP contribution in [0.1, 0.15) is 91.2 Å². The summed E-state index contributed by atoms with van der Waals surface area (Å²) in [5, 5.41) is 0.682. The van der Waals surface area contributed by atoms with Crippen molar-refractivity contribution in [2.24, 2.45) is 23.2 Å². The highest BCUT2D eigenvalue weighted by Crippen LogP contribution is 2.70. The number of thiophene rings is 1. The molecule has 0 spiro atoms. The van der Waals surface area contributed by atoms with E-state index in [0.717, 1.165) is 11.5 Å². The molecule has 1 heterocycles. The maximum atomic E-state index is 13.0. The van der Waals surface area contributed by atoms with Crippen LogP contribution >= 0.6 is 11.3 Å². The van der Waals surface area contributed by atoms with Crippen molar-refractivity contribution >= 4 is 33.1 Å². The normalized spacial score (nSPS) is 24.3. The van der Waals surface area contributed by atoms with Crippen LogP contribution in [0.5, 0.6) is 0 Å². The Morgan fingerprint density at radius 3 is 2.43 bits per heavy atom. The quantitative estimate of drug-likeness (QED) is 0.194. The fraction of sp³-hybridized carbons (Fsp3) is 0.455. The summed E-state index contributed by atoms with van der Waals surface area (Å²) in [6.45, 7) is 10.4. The molecule has 224 valence electrons. The fourth-order valence-corrected chi connectivity index (χ4v) is 8.27. The molecule has 6 unspecified atom stereocenters. The molecule has 2 aliphatic rings. The van der Waals surface area contributed by atoms with E-state index >= 15 is 0 Å². The fourth-order valence-electron chi connectivity index (χ4n) is 6.76. The predicted molar refractivity (Wildman–Crippen MR) is 165 cm³/mol. The van der Waals surface area contributed by atoms with E-state index < -0.39 is 27.2 Å². The topological polar surface area (TPSA) is 102 Å². The maximum absolute atomic E-state index is 13.0. The van der Waals surface area contributed by atoms with Crippen molar-refractivity contribution in [1.29, 1.82) is 0 Å². The minimum Gasteiger partial charge on any atom is -0.296 e. The van der Waals surface area contributed by atoms with Crippen molar-refractivity contribution in [3.05, 3.63) is 93.2 Å². The van der Waals surface area contributed by atoms with E-state index in [2.05, 4.69) is 43.1 Å². The smallest absolute Gasteiger partial charge is 0.252 e. The Morgan fingerprint density at radius 1 is 1.02 bits per heavy atom. The highest BCUT2D eigenvalue weighted by atomic mass is 32.2. The molecule has 2 aromatic carbocycles. The van der Waals surface area contributed by atoms with Crippen LogP contribution in [-0.2, 0) is 26.3 Å². The molecule has 0 bridgehead atoms. The van der Waals surface area contributed by atoms with E-state index in [4.69, 9.17) is 4.84 Å². The van der Waals surface area contributed by atoms with E-state index in [9.17, 15) is 18.0 Å². The zero-order valence-corrected chi connectivity index (χ0v) is 26.4. The van der Waals surface area contributed by atoms with Crippen LogP contribution in [0.15, 0.2) is 66.0 Å². The van der Waals surface area contributed by atoms with Gasteiger partial charge in [0.05, 0.1) is 17.4 Å². The van der Waals surface area contributed by atoms with Crippen molar-refractivity contribution in [3.63, 3.8) is 0 Å². The van der Waals surface area contributed by atoms with Crippen molar-refractivity contribution in [1.82, 2.24) is 10.2 Å². The van der Waals surface area contributed by atoms with Gasteiger partial charge in [0.1, 0.15) is 5.37 Å².